The van der Waals surface area contributed by atoms with Crippen molar-refractivity contribution < 1.29 is 23.1 Å². The number of nitrogens with zero attached hydrogens (tertiary/aromatic N) is 2. The molecular formula is C17H16N2O5S. The van der Waals surface area contributed by atoms with Crippen LogP contribution in [-0.4, -0.2) is 49.3 Å². The van der Waals surface area contributed by atoms with Gasteiger partial charge < -0.3 is 5.11 Å². The van der Waals surface area contributed by atoms with Gasteiger partial charge in [0.15, 0.2) is 0 Å². The van der Waals surface area contributed by atoms with Crippen LogP contribution < -0.4 is 4.90 Å². The maximum atomic E-state index is 13.0. The molecule has 0 aliphatic carbocycles. The Labute approximate surface area is 144 Å². The van der Waals surface area contributed by atoms with Crippen LogP contribution in [0.4, 0.5) is 5.69 Å². The van der Waals surface area contributed by atoms with Crippen molar-refractivity contribution in [3.05, 3.63) is 35.9 Å². The van der Waals surface area contributed by atoms with E-state index >= 15 is 0 Å². The summed E-state index contributed by atoms with van der Waals surface area (Å²) < 4.78 is 27.4. The Bertz CT molecular complexity index is 1010. The van der Waals surface area contributed by atoms with Gasteiger partial charge in [0.2, 0.25) is 10.0 Å². The van der Waals surface area contributed by atoms with E-state index in [9.17, 15) is 18.0 Å². The average molecular weight is 360 g/mol. The number of benzene rings is 2. The molecule has 8 heteroatoms. The zero-order valence-corrected chi connectivity index (χ0v) is 14.1. The predicted octanol–water partition coefficient (Wildman–Crippen LogP) is 1.67. The molecule has 1 saturated heterocycles. The number of anilines is 1. The first-order valence-corrected chi connectivity index (χ1v) is 9.45. The van der Waals surface area contributed by atoms with E-state index in [-0.39, 0.29) is 4.90 Å². The van der Waals surface area contributed by atoms with Crippen molar-refractivity contribution in [3.8, 4) is 0 Å². The number of carbonyl (C=O) groups is 2. The van der Waals surface area contributed by atoms with Crippen LogP contribution >= 0.6 is 0 Å². The Morgan fingerprint density at radius 2 is 1.84 bits per heavy atom. The van der Waals surface area contributed by atoms with E-state index < -0.39 is 28.4 Å². The van der Waals surface area contributed by atoms with E-state index in [0.29, 0.717) is 35.1 Å². The molecule has 0 aromatic heterocycles. The molecule has 1 amide bonds. The quantitative estimate of drug-likeness (QED) is 0.895. The highest BCUT2D eigenvalue weighted by Gasteiger charge is 2.35. The Morgan fingerprint density at radius 3 is 2.52 bits per heavy atom. The molecule has 0 bridgehead atoms. The molecule has 130 valence electrons. The minimum absolute atomic E-state index is 0.167. The molecular weight excluding hydrogens is 344 g/mol. The number of hydrogen-bond donors (Lipinski definition) is 1. The van der Waals surface area contributed by atoms with Gasteiger partial charge in [0.25, 0.3) is 5.91 Å². The summed E-state index contributed by atoms with van der Waals surface area (Å²) in [5.41, 5.74) is 0.783. The second-order valence-corrected chi connectivity index (χ2v) is 8.11. The molecule has 2 aliphatic heterocycles. The van der Waals surface area contributed by atoms with E-state index in [4.69, 9.17) is 5.11 Å². The second-order valence-electron chi connectivity index (χ2n) is 6.21. The number of sulfonamides is 1. The van der Waals surface area contributed by atoms with Gasteiger partial charge in [-0.2, -0.15) is 4.31 Å². The summed E-state index contributed by atoms with van der Waals surface area (Å²) in [4.78, 5) is 24.9. The van der Waals surface area contributed by atoms with Crippen LogP contribution in [0, 0.1) is 0 Å². The maximum Gasteiger partial charge on any atom is 0.323 e. The number of carboxylic acid groups (broad SMARTS) is 1. The first-order chi connectivity index (χ1) is 11.9. The Kier molecular flexibility index (Phi) is 3.55. The van der Waals surface area contributed by atoms with Crippen LogP contribution in [0.3, 0.4) is 0 Å². The highest BCUT2D eigenvalue weighted by atomic mass is 32.2. The molecule has 2 aliphatic rings. The zero-order chi connectivity index (χ0) is 17.8. The van der Waals surface area contributed by atoms with Gasteiger partial charge in [0.05, 0.1) is 10.6 Å². The molecule has 2 heterocycles. The van der Waals surface area contributed by atoms with E-state index in [1.165, 1.54) is 21.3 Å². The predicted molar refractivity (Wildman–Crippen MR) is 91.3 cm³/mol. The number of carboxylic acids is 1. The van der Waals surface area contributed by atoms with Crippen molar-refractivity contribution in [1.29, 1.82) is 0 Å². The van der Waals surface area contributed by atoms with Gasteiger partial charge in [-0.05, 0) is 31.0 Å². The van der Waals surface area contributed by atoms with Gasteiger partial charge in [0, 0.05) is 29.4 Å². The third-order valence-corrected chi connectivity index (χ3v) is 6.68. The largest absolute Gasteiger partial charge is 0.480 e. The Balaban J connectivity index is 1.93. The molecule has 0 saturated carbocycles. The second kappa shape index (κ2) is 5.53. The molecule has 0 radical (unpaired) electrons. The fourth-order valence-corrected chi connectivity index (χ4v) is 5.31. The van der Waals surface area contributed by atoms with E-state index in [2.05, 4.69) is 0 Å². The number of amides is 1. The minimum Gasteiger partial charge on any atom is -0.480 e. The van der Waals surface area contributed by atoms with E-state index in [0.717, 1.165) is 12.8 Å². The zero-order valence-electron chi connectivity index (χ0n) is 13.3. The van der Waals surface area contributed by atoms with Gasteiger partial charge in [-0.15, -0.1) is 0 Å². The molecule has 0 unspecified atom stereocenters. The summed E-state index contributed by atoms with van der Waals surface area (Å²) in [5, 5.41) is 10.0. The first kappa shape index (κ1) is 16.0. The smallest absolute Gasteiger partial charge is 0.323 e. The lowest BCUT2D eigenvalue weighted by atomic mass is 10.1. The van der Waals surface area contributed by atoms with E-state index in [1.54, 1.807) is 18.2 Å². The molecule has 0 atom stereocenters. The summed E-state index contributed by atoms with van der Waals surface area (Å²) in [7, 11) is -3.64. The van der Waals surface area contributed by atoms with Crippen LogP contribution in [0.15, 0.2) is 35.2 Å². The molecule has 25 heavy (non-hydrogen) atoms. The average Bonchev–Trinajstić information content (AvgIpc) is 3.20. The Hall–Kier alpha value is -2.45. The van der Waals surface area contributed by atoms with Crippen LogP contribution in [-0.2, 0) is 14.8 Å². The highest BCUT2D eigenvalue weighted by Crippen LogP contribution is 2.40. The van der Waals surface area contributed by atoms with Gasteiger partial charge in [-0.1, -0.05) is 12.1 Å². The summed E-state index contributed by atoms with van der Waals surface area (Å²) in [6.07, 6.45) is 1.68. The molecule has 4 rings (SSSR count). The van der Waals surface area contributed by atoms with E-state index in [1.807, 2.05) is 0 Å². The first-order valence-electron chi connectivity index (χ1n) is 8.01. The normalized spacial score (nSPS) is 17.6. The third kappa shape index (κ3) is 2.32. The summed E-state index contributed by atoms with van der Waals surface area (Å²) >= 11 is 0. The lowest BCUT2D eigenvalue weighted by Crippen LogP contribution is -2.32. The van der Waals surface area contributed by atoms with Crippen LogP contribution in [0.2, 0.25) is 0 Å². The lowest BCUT2D eigenvalue weighted by molar-refractivity contribution is -0.135. The lowest BCUT2D eigenvalue weighted by Gasteiger charge is -2.18. The molecule has 7 nitrogen and oxygen atoms in total. The summed E-state index contributed by atoms with van der Waals surface area (Å²) in [6.45, 7) is 0.533. The van der Waals surface area contributed by atoms with Crippen molar-refractivity contribution in [2.75, 3.05) is 24.5 Å². The SMILES string of the molecule is O=C(O)CN1C(=O)c2cccc3c(S(=O)(=O)N4CCCC4)ccc1c23. The van der Waals surface area contributed by atoms with Crippen LogP contribution in [0.1, 0.15) is 23.2 Å². The monoisotopic (exact) mass is 360 g/mol. The van der Waals surface area contributed by atoms with Crippen molar-refractivity contribution in [1.82, 2.24) is 4.31 Å². The van der Waals surface area contributed by atoms with Crippen molar-refractivity contribution in [2.45, 2.75) is 17.7 Å². The maximum absolute atomic E-state index is 13.0. The fourth-order valence-electron chi connectivity index (χ4n) is 3.60. The third-order valence-electron chi connectivity index (χ3n) is 4.72. The summed E-state index contributed by atoms with van der Waals surface area (Å²) in [5.74, 6) is -1.54. The summed E-state index contributed by atoms with van der Waals surface area (Å²) in [6, 6.07) is 7.91. The van der Waals surface area contributed by atoms with Gasteiger partial charge in [-0.25, -0.2) is 8.42 Å². The molecule has 0 spiro atoms. The minimum atomic E-state index is -3.64. The van der Waals surface area contributed by atoms with Gasteiger partial charge in [-0.3, -0.25) is 14.5 Å². The fraction of sp³-hybridized carbons (Fsp3) is 0.294. The van der Waals surface area contributed by atoms with Crippen LogP contribution in [0.5, 0.6) is 0 Å². The van der Waals surface area contributed by atoms with Gasteiger partial charge in [0.1, 0.15) is 6.54 Å². The molecule has 2 aromatic rings. The topological polar surface area (TPSA) is 95.0 Å². The highest BCUT2D eigenvalue weighted by molar-refractivity contribution is 7.89. The van der Waals surface area contributed by atoms with Crippen molar-refractivity contribution >= 4 is 38.4 Å². The molecule has 1 fully saturated rings. The molecule has 2 aromatic carbocycles. The molecule has 1 N–H and O–H groups in total. The Morgan fingerprint density at radius 1 is 1.12 bits per heavy atom. The van der Waals surface area contributed by atoms with Crippen molar-refractivity contribution in [3.63, 3.8) is 0 Å². The standard InChI is InChI=1S/C17H16N2O5S/c20-15(21)10-19-13-6-7-14(25(23,24)18-8-1-2-9-18)11-4-3-5-12(16(11)13)17(19)22/h3-7H,1-2,8-10H2,(H,20,21). The number of rotatable bonds is 4. The van der Waals surface area contributed by atoms with Gasteiger partial charge >= 0.3 is 5.97 Å². The van der Waals surface area contributed by atoms with Crippen molar-refractivity contribution in [2.24, 2.45) is 0 Å². The number of aliphatic carboxylic acids is 1. The van der Waals surface area contributed by atoms with Crippen LogP contribution in [0.25, 0.3) is 10.8 Å². The number of hydrogen-bond acceptors (Lipinski definition) is 4. The number of carbonyl (C=O) groups excluding carboxylic acids is 1.